The quantitative estimate of drug-likeness (QED) is 0.787. The number of rotatable bonds is 4. The monoisotopic (exact) mass is 345 g/mol. The Balaban J connectivity index is 2.24. The standard InChI is InChI=1S/C14H20BrNO2S/c1-3-19(17,18)13-6-4-12(5-7-13)16-9-8-11(2)14(16)10-15/h4-7,11,14H,3,8-10H2,1-2H3. The van der Waals surface area contributed by atoms with Crippen LogP contribution in [0.2, 0.25) is 0 Å². The van der Waals surface area contributed by atoms with Crippen molar-refractivity contribution < 1.29 is 8.42 Å². The lowest BCUT2D eigenvalue weighted by Crippen LogP contribution is -2.33. The first-order valence-corrected chi connectivity index (χ1v) is 9.42. The van der Waals surface area contributed by atoms with Gasteiger partial charge in [-0.1, -0.05) is 29.8 Å². The van der Waals surface area contributed by atoms with Crippen molar-refractivity contribution in [3.05, 3.63) is 24.3 Å². The minimum atomic E-state index is -3.10. The van der Waals surface area contributed by atoms with Crippen LogP contribution in [0.15, 0.2) is 29.2 Å². The van der Waals surface area contributed by atoms with Gasteiger partial charge in [-0.2, -0.15) is 0 Å². The molecule has 5 heteroatoms. The van der Waals surface area contributed by atoms with E-state index in [1.807, 2.05) is 12.1 Å². The molecule has 19 heavy (non-hydrogen) atoms. The Bertz CT molecular complexity index is 527. The number of sulfone groups is 1. The number of halogens is 1. The van der Waals surface area contributed by atoms with Gasteiger partial charge in [0.1, 0.15) is 0 Å². The summed E-state index contributed by atoms with van der Waals surface area (Å²) >= 11 is 3.57. The molecule has 2 atom stereocenters. The lowest BCUT2D eigenvalue weighted by molar-refractivity contribution is 0.554. The molecule has 2 rings (SSSR count). The molecular weight excluding hydrogens is 326 g/mol. The van der Waals surface area contributed by atoms with Gasteiger partial charge >= 0.3 is 0 Å². The molecule has 0 aliphatic carbocycles. The molecule has 1 aliphatic heterocycles. The van der Waals surface area contributed by atoms with Gasteiger partial charge in [-0.3, -0.25) is 0 Å². The van der Waals surface area contributed by atoms with Gasteiger partial charge in [0.15, 0.2) is 9.84 Å². The van der Waals surface area contributed by atoms with E-state index in [1.165, 1.54) is 6.42 Å². The Morgan fingerprint density at radius 1 is 1.32 bits per heavy atom. The predicted octanol–water partition coefficient (Wildman–Crippen LogP) is 3.09. The molecule has 1 aromatic rings. The second-order valence-corrected chi connectivity index (χ2v) is 8.00. The molecule has 1 heterocycles. The first-order chi connectivity index (χ1) is 8.99. The van der Waals surface area contributed by atoms with E-state index in [0.717, 1.165) is 17.6 Å². The Morgan fingerprint density at radius 2 is 1.95 bits per heavy atom. The molecule has 0 bridgehead atoms. The number of nitrogens with zero attached hydrogens (tertiary/aromatic N) is 1. The maximum Gasteiger partial charge on any atom is 0.178 e. The second-order valence-electron chi connectivity index (χ2n) is 5.08. The van der Waals surface area contributed by atoms with Crippen LogP contribution in [0.4, 0.5) is 5.69 Å². The van der Waals surface area contributed by atoms with Gasteiger partial charge < -0.3 is 4.90 Å². The van der Waals surface area contributed by atoms with E-state index in [4.69, 9.17) is 0 Å². The molecule has 0 amide bonds. The van der Waals surface area contributed by atoms with Crippen molar-refractivity contribution in [1.29, 1.82) is 0 Å². The van der Waals surface area contributed by atoms with Gasteiger partial charge in [0.2, 0.25) is 0 Å². The average Bonchev–Trinajstić information content (AvgIpc) is 2.80. The van der Waals surface area contributed by atoms with E-state index in [0.29, 0.717) is 16.9 Å². The van der Waals surface area contributed by atoms with Crippen LogP contribution in [0.25, 0.3) is 0 Å². The van der Waals surface area contributed by atoms with Crippen LogP contribution < -0.4 is 4.90 Å². The molecule has 3 nitrogen and oxygen atoms in total. The van der Waals surface area contributed by atoms with Crippen LogP contribution in [0.5, 0.6) is 0 Å². The van der Waals surface area contributed by atoms with Crippen molar-refractivity contribution >= 4 is 31.5 Å². The average molecular weight is 346 g/mol. The zero-order chi connectivity index (χ0) is 14.0. The minimum Gasteiger partial charge on any atom is -0.367 e. The lowest BCUT2D eigenvalue weighted by atomic mass is 10.1. The summed E-state index contributed by atoms with van der Waals surface area (Å²) in [5.74, 6) is 0.815. The van der Waals surface area contributed by atoms with Crippen molar-refractivity contribution in [2.75, 3.05) is 22.5 Å². The third kappa shape index (κ3) is 2.97. The van der Waals surface area contributed by atoms with Gasteiger partial charge in [-0.05, 0) is 36.6 Å². The highest BCUT2D eigenvalue weighted by Gasteiger charge is 2.30. The molecule has 1 aliphatic rings. The van der Waals surface area contributed by atoms with Crippen LogP contribution >= 0.6 is 15.9 Å². The summed E-state index contributed by atoms with van der Waals surface area (Å²) in [6.45, 7) is 4.98. The number of hydrogen-bond acceptors (Lipinski definition) is 3. The summed E-state index contributed by atoms with van der Waals surface area (Å²) in [4.78, 5) is 2.78. The number of anilines is 1. The Morgan fingerprint density at radius 3 is 2.47 bits per heavy atom. The van der Waals surface area contributed by atoms with Crippen LogP contribution in [-0.4, -0.2) is 32.1 Å². The number of benzene rings is 1. The smallest absolute Gasteiger partial charge is 0.178 e. The first-order valence-electron chi connectivity index (χ1n) is 6.65. The third-order valence-corrected chi connectivity index (χ3v) is 6.36. The fourth-order valence-electron chi connectivity index (χ4n) is 2.58. The Labute approximate surface area is 124 Å². The fraction of sp³-hybridized carbons (Fsp3) is 0.571. The fourth-order valence-corrected chi connectivity index (χ4v) is 4.45. The summed E-state index contributed by atoms with van der Waals surface area (Å²) in [5, 5.41) is 0.948. The molecule has 0 aromatic heterocycles. The van der Waals surface area contributed by atoms with Crippen molar-refractivity contribution in [2.45, 2.75) is 31.2 Å². The van der Waals surface area contributed by atoms with Gasteiger partial charge in [-0.25, -0.2) is 8.42 Å². The highest BCUT2D eigenvalue weighted by atomic mass is 79.9. The molecule has 106 valence electrons. The zero-order valence-electron chi connectivity index (χ0n) is 11.3. The highest BCUT2D eigenvalue weighted by Crippen LogP contribution is 2.31. The van der Waals surface area contributed by atoms with Crippen LogP contribution in [0, 0.1) is 5.92 Å². The summed E-state index contributed by atoms with van der Waals surface area (Å²) < 4.78 is 23.6. The molecule has 0 spiro atoms. The molecular formula is C14H20BrNO2S. The predicted molar refractivity (Wildman–Crippen MR) is 82.9 cm³/mol. The SMILES string of the molecule is CCS(=O)(=O)c1ccc(N2CCC(C)C2CBr)cc1. The van der Waals surface area contributed by atoms with Gasteiger partial charge in [0.25, 0.3) is 0 Å². The number of alkyl halides is 1. The first kappa shape index (κ1) is 14.9. The molecule has 0 saturated carbocycles. The van der Waals surface area contributed by atoms with Crippen LogP contribution in [-0.2, 0) is 9.84 Å². The topological polar surface area (TPSA) is 37.4 Å². The second kappa shape index (κ2) is 5.83. The molecule has 1 fully saturated rings. The largest absolute Gasteiger partial charge is 0.367 e. The minimum absolute atomic E-state index is 0.150. The Kier molecular flexibility index (Phi) is 4.56. The normalized spacial score (nSPS) is 23.8. The van der Waals surface area contributed by atoms with Crippen molar-refractivity contribution in [3.63, 3.8) is 0 Å². The van der Waals surface area contributed by atoms with Crippen LogP contribution in [0.3, 0.4) is 0 Å². The third-order valence-electron chi connectivity index (χ3n) is 3.95. The number of hydrogen-bond donors (Lipinski definition) is 0. The van der Waals surface area contributed by atoms with Crippen LogP contribution in [0.1, 0.15) is 20.3 Å². The van der Waals surface area contributed by atoms with Crippen molar-refractivity contribution in [1.82, 2.24) is 0 Å². The van der Waals surface area contributed by atoms with Gasteiger partial charge in [-0.15, -0.1) is 0 Å². The Hall–Kier alpha value is -0.550. The van der Waals surface area contributed by atoms with E-state index in [2.05, 4.69) is 27.8 Å². The maximum absolute atomic E-state index is 11.8. The maximum atomic E-state index is 11.8. The van der Waals surface area contributed by atoms with Crippen molar-refractivity contribution in [3.8, 4) is 0 Å². The van der Waals surface area contributed by atoms with Gasteiger partial charge in [0.05, 0.1) is 10.6 Å². The summed E-state index contributed by atoms with van der Waals surface area (Å²) in [6, 6.07) is 7.80. The highest BCUT2D eigenvalue weighted by molar-refractivity contribution is 9.09. The molecule has 0 radical (unpaired) electrons. The van der Waals surface area contributed by atoms with E-state index >= 15 is 0 Å². The molecule has 0 N–H and O–H groups in total. The van der Waals surface area contributed by atoms with Gasteiger partial charge in [0, 0.05) is 23.6 Å². The molecule has 2 unspecified atom stereocenters. The molecule has 1 saturated heterocycles. The zero-order valence-corrected chi connectivity index (χ0v) is 13.7. The van der Waals surface area contributed by atoms with E-state index in [1.54, 1.807) is 19.1 Å². The van der Waals surface area contributed by atoms with E-state index < -0.39 is 9.84 Å². The lowest BCUT2D eigenvalue weighted by Gasteiger charge is -2.27. The molecule has 1 aromatic carbocycles. The van der Waals surface area contributed by atoms with E-state index in [-0.39, 0.29) is 5.75 Å². The summed E-state index contributed by atoms with van der Waals surface area (Å²) in [5.41, 5.74) is 1.11. The van der Waals surface area contributed by atoms with Crippen molar-refractivity contribution in [2.24, 2.45) is 5.92 Å². The summed E-state index contributed by atoms with van der Waals surface area (Å²) in [7, 11) is -3.10. The van der Waals surface area contributed by atoms with E-state index in [9.17, 15) is 8.42 Å². The summed E-state index contributed by atoms with van der Waals surface area (Å²) in [6.07, 6.45) is 1.19.